The van der Waals surface area contributed by atoms with E-state index in [0.717, 1.165) is 63.9 Å². The molecule has 9 heteroatoms. The monoisotopic (exact) mass is 606 g/mol. The summed E-state index contributed by atoms with van der Waals surface area (Å²) >= 11 is 0. The van der Waals surface area contributed by atoms with E-state index in [-0.39, 0.29) is 33.9 Å². The molecule has 0 radical (unpaired) electrons. The van der Waals surface area contributed by atoms with Gasteiger partial charge in [-0.3, -0.25) is 0 Å². The topological polar surface area (TPSA) is 116 Å². The third-order valence-corrected chi connectivity index (χ3v) is 14.0. The lowest BCUT2D eigenvalue weighted by Crippen LogP contribution is -2.62. The summed E-state index contributed by atoms with van der Waals surface area (Å²) in [5.41, 5.74) is 0.633. The lowest BCUT2D eigenvalue weighted by molar-refractivity contribution is -0.203. The zero-order chi connectivity index (χ0) is 30.6. The maximum atomic E-state index is 13.9. The van der Waals surface area contributed by atoms with Crippen LogP contribution in [0.1, 0.15) is 91.0 Å². The van der Waals surface area contributed by atoms with Crippen LogP contribution < -0.4 is 10.0 Å². The number of aliphatic hydroxyl groups excluding tert-OH is 2. The molecule has 0 aromatic heterocycles. The molecular weight excluding hydrogens is 555 g/mol. The van der Waals surface area contributed by atoms with Gasteiger partial charge >= 0.3 is 6.03 Å². The van der Waals surface area contributed by atoms with Crippen molar-refractivity contribution in [2.24, 2.45) is 52.3 Å². The molecule has 2 amide bonds. The molecule has 0 unspecified atom stereocenters. The van der Waals surface area contributed by atoms with Crippen LogP contribution in [0, 0.1) is 65.0 Å². The Bertz CT molecular complexity index is 1270. The Labute approximate surface area is 251 Å². The Kier molecular flexibility index (Phi) is 8.80. The molecule has 0 heterocycles. The van der Waals surface area contributed by atoms with Gasteiger partial charge in [0.25, 0.3) is 10.0 Å². The molecular formula is C33H51FN2O5S. The van der Waals surface area contributed by atoms with Gasteiger partial charge in [-0.15, -0.1) is 0 Å². The van der Waals surface area contributed by atoms with E-state index in [2.05, 4.69) is 33.0 Å². The Balaban J connectivity index is 1.21. The fourth-order valence-electron chi connectivity index (χ4n) is 10.5. The summed E-state index contributed by atoms with van der Waals surface area (Å²) in [6, 6.07) is 2.77. The number of aliphatic hydroxyl groups is 2. The molecule has 4 aliphatic rings. The highest BCUT2D eigenvalue weighted by atomic mass is 32.2. The Morgan fingerprint density at radius 3 is 2.45 bits per heavy atom. The highest BCUT2D eigenvalue weighted by Gasteiger charge is 2.64. The smallest absolute Gasteiger partial charge is 0.328 e. The minimum atomic E-state index is -4.17. The molecule has 1 aromatic rings. The Hall–Kier alpha value is -1.71. The number of carbonyl (C=O) groups excluding carboxylic acids is 1. The first-order chi connectivity index (χ1) is 19.7. The zero-order valence-corrected chi connectivity index (χ0v) is 26.7. The van der Waals surface area contributed by atoms with Crippen LogP contribution in [0.4, 0.5) is 9.18 Å². The number of aryl methyl sites for hydroxylation is 1. The number of sulfonamides is 1. The van der Waals surface area contributed by atoms with Gasteiger partial charge in [-0.05, 0) is 128 Å². The second-order valence-corrected chi connectivity index (χ2v) is 16.3. The van der Waals surface area contributed by atoms with Crippen LogP contribution in [0.5, 0.6) is 0 Å². The Morgan fingerprint density at radius 2 is 1.76 bits per heavy atom. The highest BCUT2D eigenvalue weighted by Crippen LogP contribution is 2.69. The molecule has 42 heavy (non-hydrogen) atoms. The summed E-state index contributed by atoms with van der Waals surface area (Å²) in [4.78, 5) is 12.2. The number of rotatable bonds is 7. The van der Waals surface area contributed by atoms with Crippen LogP contribution in [0.15, 0.2) is 23.1 Å². The SMILES string of the molecule is CC[C@H]1[C@@H](O)[C@@H]2[C@H](CC[C@]3(C)[C@@H]([C@H](C)CCNC(=O)NS(=O)(=O)c4ccc(C)c(F)c4)CC[C@@H]23)[C@@]2(C)CC[C@@H](O)C[C@@H]12. The largest absolute Gasteiger partial charge is 0.393 e. The number of halogens is 1. The van der Waals surface area contributed by atoms with Crippen LogP contribution in [-0.2, 0) is 10.0 Å². The van der Waals surface area contributed by atoms with Gasteiger partial charge in [-0.1, -0.05) is 40.2 Å². The molecule has 4 N–H and O–H groups in total. The molecule has 236 valence electrons. The maximum Gasteiger partial charge on any atom is 0.328 e. The first kappa shape index (κ1) is 31.7. The summed E-state index contributed by atoms with van der Waals surface area (Å²) in [5, 5.41) is 25.1. The molecule has 4 saturated carbocycles. The van der Waals surface area contributed by atoms with Crippen molar-refractivity contribution in [1.82, 2.24) is 10.0 Å². The van der Waals surface area contributed by atoms with Crippen LogP contribution >= 0.6 is 0 Å². The molecule has 4 aliphatic carbocycles. The minimum Gasteiger partial charge on any atom is -0.393 e. The lowest BCUT2D eigenvalue weighted by atomic mass is 9.41. The van der Waals surface area contributed by atoms with Crippen molar-refractivity contribution < 1.29 is 27.8 Å². The van der Waals surface area contributed by atoms with Gasteiger partial charge < -0.3 is 15.5 Å². The van der Waals surface area contributed by atoms with Crippen LogP contribution in [0.2, 0.25) is 0 Å². The van der Waals surface area contributed by atoms with E-state index in [0.29, 0.717) is 47.6 Å². The van der Waals surface area contributed by atoms with E-state index < -0.39 is 21.9 Å². The van der Waals surface area contributed by atoms with Crippen LogP contribution in [-0.4, -0.2) is 43.4 Å². The third kappa shape index (κ3) is 5.40. The predicted octanol–water partition coefficient (Wildman–Crippen LogP) is 5.77. The van der Waals surface area contributed by atoms with Crippen molar-refractivity contribution in [2.75, 3.05) is 6.54 Å². The zero-order valence-electron chi connectivity index (χ0n) is 25.9. The number of urea groups is 1. The number of amides is 2. The average molecular weight is 607 g/mol. The van der Waals surface area contributed by atoms with Crippen molar-refractivity contribution in [3.63, 3.8) is 0 Å². The number of nitrogens with one attached hydrogen (secondary N) is 2. The average Bonchev–Trinajstić information content (AvgIpc) is 3.28. The first-order valence-corrected chi connectivity index (χ1v) is 17.6. The Morgan fingerprint density at radius 1 is 1.07 bits per heavy atom. The fourth-order valence-corrected chi connectivity index (χ4v) is 11.4. The third-order valence-electron chi connectivity index (χ3n) is 12.7. The first-order valence-electron chi connectivity index (χ1n) is 16.2. The van der Waals surface area contributed by atoms with Gasteiger partial charge in [-0.2, -0.15) is 0 Å². The van der Waals surface area contributed by atoms with Gasteiger partial charge in [0.1, 0.15) is 5.82 Å². The van der Waals surface area contributed by atoms with Gasteiger partial charge in [0.15, 0.2) is 0 Å². The minimum absolute atomic E-state index is 0.123. The van der Waals surface area contributed by atoms with Crippen LogP contribution in [0.3, 0.4) is 0 Å². The standard InChI is InChI=1S/C33H51FN2O5S/c1-6-23-27-17-21(37)11-14-33(27,5)26-12-15-32(4)24(9-10-25(32)29(26)30(23)38)19(2)13-16-35-31(39)36-42(40,41)22-8-7-20(3)28(34)18-22/h7-8,18-19,21,23-27,29-30,37-38H,6,9-17H2,1-5H3,(H2,35,36,39)/t19-,21-,23-,24-,25+,26+,27+,29+,30-,32-,33-/m1/s1. The van der Waals surface area contributed by atoms with Crippen molar-refractivity contribution in [2.45, 2.75) is 110 Å². The molecule has 11 atom stereocenters. The normalized spacial score (nSPS) is 40.4. The molecule has 4 fully saturated rings. The van der Waals surface area contributed by atoms with Gasteiger partial charge in [0.2, 0.25) is 0 Å². The lowest BCUT2D eigenvalue weighted by Gasteiger charge is -2.64. The molecule has 0 saturated heterocycles. The molecule has 0 aliphatic heterocycles. The summed E-state index contributed by atoms with van der Waals surface area (Å²) in [6.07, 6.45) is 8.33. The maximum absolute atomic E-state index is 13.9. The fraction of sp³-hybridized carbons (Fsp3) is 0.788. The second-order valence-electron chi connectivity index (χ2n) is 14.7. The van der Waals surface area contributed by atoms with Crippen LogP contribution in [0.25, 0.3) is 0 Å². The van der Waals surface area contributed by atoms with Crippen molar-refractivity contribution in [3.05, 3.63) is 29.6 Å². The second kappa shape index (κ2) is 11.7. The van der Waals surface area contributed by atoms with E-state index in [1.165, 1.54) is 12.1 Å². The van der Waals surface area contributed by atoms with Gasteiger partial charge in [0, 0.05) is 6.54 Å². The number of fused-ring (bicyclic) bond motifs is 5. The number of hydrogen-bond acceptors (Lipinski definition) is 5. The molecule has 7 nitrogen and oxygen atoms in total. The quantitative estimate of drug-likeness (QED) is 0.314. The van der Waals surface area contributed by atoms with E-state index in [4.69, 9.17) is 0 Å². The number of carbonyl (C=O) groups is 1. The highest BCUT2D eigenvalue weighted by molar-refractivity contribution is 7.90. The van der Waals surface area contributed by atoms with Crippen molar-refractivity contribution in [3.8, 4) is 0 Å². The summed E-state index contributed by atoms with van der Waals surface area (Å²) < 4.78 is 41.0. The predicted molar refractivity (Wildman–Crippen MR) is 160 cm³/mol. The van der Waals surface area contributed by atoms with E-state index in [1.54, 1.807) is 6.92 Å². The summed E-state index contributed by atoms with van der Waals surface area (Å²) in [6.45, 7) is 11.2. The van der Waals surface area contributed by atoms with Gasteiger partial charge in [-0.25, -0.2) is 22.3 Å². The number of hydrogen-bond donors (Lipinski definition) is 4. The summed E-state index contributed by atoms with van der Waals surface area (Å²) in [5.74, 6) is 2.04. The van der Waals surface area contributed by atoms with Crippen molar-refractivity contribution >= 4 is 16.1 Å². The molecule has 0 spiro atoms. The number of benzene rings is 1. The molecule has 0 bridgehead atoms. The van der Waals surface area contributed by atoms with E-state index in [1.807, 2.05) is 4.72 Å². The van der Waals surface area contributed by atoms with Gasteiger partial charge in [0.05, 0.1) is 17.1 Å². The molecule has 1 aromatic carbocycles. The van der Waals surface area contributed by atoms with Crippen molar-refractivity contribution in [1.29, 1.82) is 0 Å². The van der Waals surface area contributed by atoms with E-state index >= 15 is 0 Å². The van der Waals surface area contributed by atoms with E-state index in [9.17, 15) is 27.8 Å². The summed E-state index contributed by atoms with van der Waals surface area (Å²) in [7, 11) is -4.17. The molecule has 5 rings (SSSR count).